The average molecular weight is 429 g/mol. The fourth-order valence-corrected chi connectivity index (χ4v) is 4.21. The second-order valence-electron chi connectivity index (χ2n) is 8.40. The molecule has 2 aromatic rings. The number of hydrogen-bond acceptors (Lipinski definition) is 6. The Balaban J connectivity index is 2.70. The molecule has 0 radical (unpaired) electrons. The lowest BCUT2D eigenvalue weighted by Crippen LogP contribution is -2.23. The van der Waals surface area contributed by atoms with E-state index in [-0.39, 0.29) is 5.41 Å². The number of hydrogen-bond donors (Lipinski definition) is 4. The molecule has 6 heteroatoms. The van der Waals surface area contributed by atoms with Crippen molar-refractivity contribution in [1.82, 2.24) is 21.3 Å². The minimum atomic E-state index is -0.200. The molecule has 0 aliphatic heterocycles. The van der Waals surface area contributed by atoms with E-state index in [0.717, 1.165) is 37.7 Å². The molecule has 0 aliphatic rings. The summed E-state index contributed by atoms with van der Waals surface area (Å²) in [5.41, 5.74) is 7.00. The van der Waals surface area contributed by atoms with Crippen molar-refractivity contribution in [3.63, 3.8) is 0 Å². The van der Waals surface area contributed by atoms with Gasteiger partial charge in [-0.2, -0.15) is 0 Å². The van der Waals surface area contributed by atoms with Crippen LogP contribution in [-0.2, 0) is 31.6 Å². The van der Waals surface area contributed by atoms with Crippen molar-refractivity contribution < 1.29 is 9.47 Å². The van der Waals surface area contributed by atoms with Crippen LogP contribution in [-0.4, -0.2) is 42.4 Å². The Kier molecular flexibility index (Phi) is 9.32. The van der Waals surface area contributed by atoms with Gasteiger partial charge in [-0.1, -0.05) is 13.8 Å². The van der Waals surface area contributed by atoms with E-state index >= 15 is 0 Å². The van der Waals surface area contributed by atoms with E-state index in [2.05, 4.69) is 59.4 Å². The van der Waals surface area contributed by atoms with Crippen molar-refractivity contribution in [3.8, 4) is 11.5 Å². The Morgan fingerprint density at radius 2 is 0.839 bits per heavy atom. The topological polar surface area (TPSA) is 66.6 Å². The third-order valence-corrected chi connectivity index (χ3v) is 5.81. The molecule has 0 amide bonds. The van der Waals surface area contributed by atoms with Gasteiger partial charge in [0.25, 0.3) is 0 Å². The monoisotopic (exact) mass is 428 g/mol. The molecule has 0 saturated carbocycles. The third kappa shape index (κ3) is 5.57. The summed E-state index contributed by atoms with van der Waals surface area (Å²) in [5, 5.41) is 13.1. The van der Waals surface area contributed by atoms with Crippen LogP contribution in [0.15, 0.2) is 24.3 Å². The molecule has 31 heavy (non-hydrogen) atoms. The Morgan fingerprint density at radius 1 is 0.581 bits per heavy atom. The van der Waals surface area contributed by atoms with Gasteiger partial charge in [0.15, 0.2) is 0 Å². The summed E-state index contributed by atoms with van der Waals surface area (Å²) in [5.74, 6) is 1.90. The van der Waals surface area contributed by atoms with Crippen molar-refractivity contribution in [2.75, 3.05) is 42.4 Å². The largest absolute Gasteiger partial charge is 0.496 e. The molecule has 0 saturated heterocycles. The number of benzene rings is 2. The van der Waals surface area contributed by atoms with E-state index in [4.69, 9.17) is 9.47 Å². The minimum absolute atomic E-state index is 0.200. The van der Waals surface area contributed by atoms with Gasteiger partial charge in [-0.25, -0.2) is 0 Å². The van der Waals surface area contributed by atoms with E-state index < -0.39 is 0 Å². The lowest BCUT2D eigenvalue weighted by molar-refractivity contribution is 0.400. The van der Waals surface area contributed by atoms with Crippen LogP contribution in [0.2, 0.25) is 0 Å². The van der Waals surface area contributed by atoms with Crippen molar-refractivity contribution in [1.29, 1.82) is 0 Å². The number of nitrogens with one attached hydrogen (secondary N) is 4. The summed E-state index contributed by atoms with van der Waals surface area (Å²) in [6, 6.07) is 9.09. The second kappa shape index (κ2) is 11.5. The molecule has 0 fully saturated rings. The van der Waals surface area contributed by atoms with Crippen LogP contribution >= 0.6 is 0 Å². The minimum Gasteiger partial charge on any atom is -0.496 e. The smallest absolute Gasteiger partial charge is 0.127 e. The molecular weight excluding hydrogens is 388 g/mol. The predicted molar refractivity (Wildman–Crippen MR) is 129 cm³/mol. The Morgan fingerprint density at radius 3 is 1.03 bits per heavy atom. The van der Waals surface area contributed by atoms with Gasteiger partial charge in [-0.05, 0) is 63.6 Å². The molecule has 172 valence electrons. The molecule has 0 aromatic heterocycles. The summed E-state index contributed by atoms with van der Waals surface area (Å²) in [4.78, 5) is 0. The zero-order chi connectivity index (χ0) is 23.0. The van der Waals surface area contributed by atoms with Crippen LogP contribution in [0, 0.1) is 0 Å². The Bertz CT molecular complexity index is 741. The molecule has 6 nitrogen and oxygen atoms in total. The molecule has 0 heterocycles. The maximum Gasteiger partial charge on any atom is 0.127 e. The zero-order valence-corrected chi connectivity index (χ0v) is 20.5. The summed E-state index contributed by atoms with van der Waals surface area (Å²) < 4.78 is 11.5. The quantitative estimate of drug-likeness (QED) is 0.417. The molecule has 4 N–H and O–H groups in total. The van der Waals surface area contributed by atoms with Gasteiger partial charge in [0, 0.05) is 53.8 Å². The lowest BCUT2D eigenvalue weighted by Gasteiger charge is -2.30. The second-order valence-corrected chi connectivity index (χ2v) is 8.40. The standard InChI is InChI=1S/C25H40N4O2/c1-25(2,21-9-17(13-26-3)23(30-7)18(10-21)14-27-4)22-11-19(15-28-5)24(31-8)20(12-22)16-29-6/h9-12,26-29H,13-16H2,1-8H3. The Labute approximate surface area is 188 Å². The first-order chi connectivity index (χ1) is 14.9. The number of methoxy groups -OCH3 is 2. The number of rotatable bonds is 12. The SMILES string of the molecule is CNCc1cc(C(C)(C)c2cc(CNC)c(OC)c(CNC)c2)cc(CNC)c1OC. The van der Waals surface area contributed by atoms with Gasteiger partial charge in [0.05, 0.1) is 14.2 Å². The van der Waals surface area contributed by atoms with Crippen LogP contribution in [0.4, 0.5) is 0 Å². The van der Waals surface area contributed by atoms with Gasteiger partial charge >= 0.3 is 0 Å². The Hall–Kier alpha value is -2.12. The van der Waals surface area contributed by atoms with Gasteiger partial charge in [-0.15, -0.1) is 0 Å². The van der Waals surface area contributed by atoms with Crippen LogP contribution in [0.25, 0.3) is 0 Å². The maximum absolute atomic E-state index is 5.77. The van der Waals surface area contributed by atoms with Crippen LogP contribution in [0.3, 0.4) is 0 Å². The fourth-order valence-electron chi connectivity index (χ4n) is 4.21. The highest BCUT2D eigenvalue weighted by atomic mass is 16.5. The van der Waals surface area contributed by atoms with Crippen LogP contribution in [0.1, 0.15) is 47.2 Å². The first kappa shape index (κ1) is 25.1. The van der Waals surface area contributed by atoms with E-state index in [0.29, 0.717) is 0 Å². The van der Waals surface area contributed by atoms with E-state index in [9.17, 15) is 0 Å². The third-order valence-electron chi connectivity index (χ3n) is 5.81. The average Bonchev–Trinajstić information content (AvgIpc) is 2.74. The maximum atomic E-state index is 5.77. The molecular formula is C25H40N4O2. The highest BCUT2D eigenvalue weighted by Gasteiger charge is 2.28. The van der Waals surface area contributed by atoms with E-state index in [1.165, 1.54) is 33.4 Å². The first-order valence-corrected chi connectivity index (χ1v) is 10.9. The molecule has 0 bridgehead atoms. The molecule has 0 atom stereocenters. The van der Waals surface area contributed by atoms with Gasteiger partial charge in [0.2, 0.25) is 0 Å². The summed E-state index contributed by atoms with van der Waals surface area (Å²) in [6.45, 7) is 7.58. The summed E-state index contributed by atoms with van der Waals surface area (Å²) >= 11 is 0. The highest BCUT2D eigenvalue weighted by molar-refractivity contribution is 5.53. The summed E-state index contributed by atoms with van der Waals surface area (Å²) in [7, 11) is 11.4. The molecule has 2 rings (SSSR count). The van der Waals surface area contributed by atoms with Crippen molar-refractivity contribution in [2.45, 2.75) is 45.4 Å². The van der Waals surface area contributed by atoms with Crippen LogP contribution < -0.4 is 30.7 Å². The van der Waals surface area contributed by atoms with Gasteiger partial charge in [0.1, 0.15) is 11.5 Å². The van der Waals surface area contributed by atoms with Gasteiger partial charge in [-0.3, -0.25) is 0 Å². The molecule has 0 spiro atoms. The number of ether oxygens (including phenoxy) is 2. The molecule has 0 aliphatic carbocycles. The van der Waals surface area contributed by atoms with Crippen molar-refractivity contribution in [3.05, 3.63) is 57.6 Å². The fraction of sp³-hybridized carbons (Fsp3) is 0.520. The first-order valence-electron chi connectivity index (χ1n) is 10.9. The summed E-state index contributed by atoms with van der Waals surface area (Å²) in [6.07, 6.45) is 0. The normalized spacial score (nSPS) is 11.6. The van der Waals surface area contributed by atoms with Gasteiger partial charge < -0.3 is 30.7 Å². The van der Waals surface area contributed by atoms with Crippen molar-refractivity contribution in [2.24, 2.45) is 0 Å². The van der Waals surface area contributed by atoms with Crippen LogP contribution in [0.5, 0.6) is 11.5 Å². The van der Waals surface area contributed by atoms with E-state index in [1.807, 2.05) is 28.2 Å². The highest BCUT2D eigenvalue weighted by Crippen LogP contribution is 2.39. The van der Waals surface area contributed by atoms with Crippen molar-refractivity contribution >= 4 is 0 Å². The lowest BCUT2D eigenvalue weighted by atomic mass is 9.75. The van der Waals surface area contributed by atoms with E-state index in [1.54, 1.807) is 14.2 Å². The predicted octanol–water partition coefficient (Wildman–Crippen LogP) is 2.91. The molecule has 0 unspecified atom stereocenters. The zero-order valence-electron chi connectivity index (χ0n) is 20.5. The molecule has 2 aromatic carbocycles.